The van der Waals surface area contributed by atoms with E-state index >= 15 is 0 Å². The molecule has 148 valence electrons. The molecular weight excluding hydrogens is 368 g/mol. The molecule has 0 spiro atoms. The zero-order valence-corrected chi connectivity index (χ0v) is 16.4. The Morgan fingerprint density at radius 3 is 2.00 bits per heavy atom. The quantitative estimate of drug-likeness (QED) is 0.395. The van der Waals surface area contributed by atoms with Crippen molar-refractivity contribution in [2.24, 2.45) is 0 Å². The van der Waals surface area contributed by atoms with Crippen LogP contribution >= 0.6 is 0 Å². The summed E-state index contributed by atoms with van der Waals surface area (Å²) in [4.78, 5) is 0. The van der Waals surface area contributed by atoms with Gasteiger partial charge in [0.1, 0.15) is 12.7 Å². The van der Waals surface area contributed by atoms with E-state index in [-0.39, 0.29) is 17.9 Å². The van der Waals surface area contributed by atoms with Crippen molar-refractivity contribution < 1.29 is 13.5 Å². The molecule has 0 heterocycles. The molecule has 0 unspecified atom stereocenters. The maximum absolute atomic E-state index is 13.9. The van der Waals surface area contributed by atoms with Gasteiger partial charge in [-0.15, -0.1) is 0 Å². The number of hydrogen-bond donors (Lipinski definition) is 0. The minimum absolute atomic E-state index is 0.110. The van der Waals surface area contributed by atoms with Crippen molar-refractivity contribution >= 4 is 0 Å². The van der Waals surface area contributed by atoms with E-state index in [0.29, 0.717) is 0 Å². The van der Waals surface area contributed by atoms with Gasteiger partial charge in [-0.05, 0) is 47.2 Å². The van der Waals surface area contributed by atoms with E-state index < -0.39 is 11.6 Å². The van der Waals surface area contributed by atoms with E-state index in [0.717, 1.165) is 23.1 Å². The van der Waals surface area contributed by atoms with Crippen molar-refractivity contribution in [1.29, 1.82) is 5.26 Å². The fourth-order valence-electron chi connectivity index (χ4n) is 3.13. The Labute approximate surface area is 170 Å². The van der Waals surface area contributed by atoms with Gasteiger partial charge in [-0.2, -0.15) is 9.65 Å². The van der Waals surface area contributed by atoms with Crippen LogP contribution < -0.4 is 4.74 Å². The topological polar surface area (TPSA) is 33.0 Å². The zero-order chi connectivity index (χ0) is 20.6. The predicted octanol–water partition coefficient (Wildman–Crippen LogP) is 6.82. The number of benzene rings is 3. The highest BCUT2D eigenvalue weighted by molar-refractivity contribution is 5.64. The van der Waals surface area contributed by atoms with Crippen molar-refractivity contribution in [3.8, 4) is 22.9 Å². The highest BCUT2D eigenvalue weighted by Gasteiger charge is 2.14. The smallest absolute Gasteiger partial charge is 0.202 e. The summed E-state index contributed by atoms with van der Waals surface area (Å²) < 4.78 is 33.0. The maximum Gasteiger partial charge on any atom is 0.202 e. The molecule has 0 aromatic heterocycles. The van der Waals surface area contributed by atoms with Crippen LogP contribution in [-0.4, -0.2) is 0 Å². The summed E-state index contributed by atoms with van der Waals surface area (Å²) in [5, 5.41) is 8.73. The van der Waals surface area contributed by atoms with Gasteiger partial charge in [0.15, 0.2) is 11.6 Å². The SMILES string of the molecule is CCCCCc1ccc(-c2ccc(COc3ccc(C#N)c(F)c3F)cc2)cc1. The molecule has 0 aliphatic heterocycles. The van der Waals surface area contributed by atoms with Crippen LogP contribution in [0.3, 0.4) is 0 Å². The number of halogens is 2. The van der Waals surface area contributed by atoms with Gasteiger partial charge in [0.25, 0.3) is 0 Å². The Bertz CT molecular complexity index is 989. The van der Waals surface area contributed by atoms with Gasteiger partial charge in [-0.3, -0.25) is 0 Å². The van der Waals surface area contributed by atoms with Gasteiger partial charge in [-0.25, -0.2) is 4.39 Å². The third-order valence-corrected chi connectivity index (χ3v) is 4.87. The lowest BCUT2D eigenvalue weighted by molar-refractivity contribution is 0.284. The monoisotopic (exact) mass is 391 g/mol. The fraction of sp³-hybridized carbons (Fsp3) is 0.240. The molecule has 0 aliphatic carbocycles. The number of aryl methyl sites for hydroxylation is 1. The van der Waals surface area contributed by atoms with E-state index in [2.05, 4.69) is 31.2 Å². The van der Waals surface area contributed by atoms with Crippen molar-refractivity contribution in [2.45, 2.75) is 39.2 Å². The van der Waals surface area contributed by atoms with Crippen LogP contribution in [0.15, 0.2) is 60.7 Å². The molecule has 0 N–H and O–H groups in total. The first-order valence-corrected chi connectivity index (χ1v) is 9.81. The molecule has 0 bridgehead atoms. The lowest BCUT2D eigenvalue weighted by Gasteiger charge is -2.09. The number of rotatable bonds is 8. The minimum atomic E-state index is -1.18. The van der Waals surface area contributed by atoms with E-state index in [9.17, 15) is 8.78 Å². The summed E-state index contributed by atoms with van der Waals surface area (Å²) in [5.74, 6) is -2.53. The largest absolute Gasteiger partial charge is 0.486 e. The molecule has 0 saturated heterocycles. The van der Waals surface area contributed by atoms with Crippen LogP contribution in [0.2, 0.25) is 0 Å². The van der Waals surface area contributed by atoms with Crippen molar-refractivity contribution in [2.75, 3.05) is 0 Å². The summed E-state index contributed by atoms with van der Waals surface area (Å²) in [6, 6.07) is 20.5. The van der Waals surface area contributed by atoms with Gasteiger partial charge in [0, 0.05) is 0 Å². The fourth-order valence-corrected chi connectivity index (χ4v) is 3.13. The number of ether oxygens (including phenoxy) is 1. The number of nitrogens with zero attached hydrogens (tertiary/aromatic N) is 1. The lowest BCUT2D eigenvalue weighted by atomic mass is 10.0. The second-order valence-electron chi connectivity index (χ2n) is 6.99. The minimum Gasteiger partial charge on any atom is -0.486 e. The first-order valence-electron chi connectivity index (χ1n) is 9.81. The van der Waals surface area contributed by atoms with Gasteiger partial charge in [0.05, 0.1) is 5.56 Å². The van der Waals surface area contributed by atoms with Crippen LogP contribution in [0, 0.1) is 23.0 Å². The molecule has 0 atom stereocenters. The molecule has 29 heavy (non-hydrogen) atoms. The van der Waals surface area contributed by atoms with E-state index in [1.165, 1.54) is 37.0 Å². The Balaban J connectivity index is 1.62. The Kier molecular flexibility index (Phi) is 6.97. The summed E-state index contributed by atoms with van der Waals surface area (Å²) >= 11 is 0. The summed E-state index contributed by atoms with van der Waals surface area (Å²) in [7, 11) is 0. The second-order valence-corrected chi connectivity index (χ2v) is 6.99. The van der Waals surface area contributed by atoms with Gasteiger partial charge in [0.2, 0.25) is 5.82 Å². The normalized spacial score (nSPS) is 10.6. The average Bonchev–Trinajstić information content (AvgIpc) is 2.76. The van der Waals surface area contributed by atoms with Crippen LogP contribution in [0.5, 0.6) is 5.75 Å². The van der Waals surface area contributed by atoms with Crippen LogP contribution in [0.4, 0.5) is 8.78 Å². The molecule has 3 rings (SSSR count). The number of hydrogen-bond acceptors (Lipinski definition) is 2. The molecule has 3 aromatic carbocycles. The first-order chi connectivity index (χ1) is 14.1. The molecular formula is C25H23F2NO. The highest BCUT2D eigenvalue weighted by atomic mass is 19.2. The molecule has 0 radical (unpaired) electrons. The summed E-state index contributed by atoms with van der Waals surface area (Å²) in [6.07, 6.45) is 4.80. The summed E-state index contributed by atoms with van der Waals surface area (Å²) in [5.41, 5.74) is 4.08. The average molecular weight is 391 g/mol. The third-order valence-electron chi connectivity index (χ3n) is 4.87. The van der Waals surface area contributed by atoms with Gasteiger partial charge in [-0.1, -0.05) is 68.3 Å². The van der Waals surface area contributed by atoms with Crippen molar-refractivity contribution in [3.05, 3.63) is 89.0 Å². The summed E-state index contributed by atoms with van der Waals surface area (Å²) in [6.45, 7) is 2.32. The Morgan fingerprint density at radius 1 is 0.793 bits per heavy atom. The maximum atomic E-state index is 13.9. The van der Waals surface area contributed by atoms with Gasteiger partial charge >= 0.3 is 0 Å². The molecule has 3 aromatic rings. The highest BCUT2D eigenvalue weighted by Crippen LogP contribution is 2.25. The number of unbranched alkanes of at least 4 members (excludes halogenated alkanes) is 2. The third kappa shape index (κ3) is 5.20. The van der Waals surface area contributed by atoms with Gasteiger partial charge < -0.3 is 4.74 Å². The zero-order valence-electron chi connectivity index (χ0n) is 16.4. The molecule has 0 saturated carbocycles. The van der Waals surface area contributed by atoms with E-state index in [4.69, 9.17) is 10.00 Å². The van der Waals surface area contributed by atoms with Crippen LogP contribution in [0.25, 0.3) is 11.1 Å². The lowest BCUT2D eigenvalue weighted by Crippen LogP contribution is -2.00. The number of nitriles is 1. The van der Waals surface area contributed by atoms with E-state index in [1.807, 2.05) is 24.3 Å². The molecule has 0 amide bonds. The molecule has 2 nitrogen and oxygen atoms in total. The second kappa shape index (κ2) is 9.84. The van der Waals surface area contributed by atoms with E-state index in [1.54, 1.807) is 6.07 Å². The van der Waals surface area contributed by atoms with Crippen molar-refractivity contribution in [3.63, 3.8) is 0 Å². The Hall–Kier alpha value is -3.19. The molecule has 0 aliphatic rings. The standard InChI is InChI=1S/C25H23F2NO/c1-2-3-4-5-18-6-10-20(11-7-18)21-12-8-19(9-13-21)17-29-23-15-14-22(16-28)24(26)25(23)27/h6-15H,2-5,17H2,1H3. The first kappa shape index (κ1) is 20.5. The van der Waals surface area contributed by atoms with Crippen LogP contribution in [0.1, 0.15) is 42.9 Å². The Morgan fingerprint density at radius 2 is 1.41 bits per heavy atom. The molecule has 0 fully saturated rings. The van der Waals surface area contributed by atoms with Crippen LogP contribution in [-0.2, 0) is 13.0 Å². The molecule has 4 heteroatoms. The van der Waals surface area contributed by atoms with Crippen molar-refractivity contribution in [1.82, 2.24) is 0 Å². The predicted molar refractivity (Wildman–Crippen MR) is 111 cm³/mol.